The predicted molar refractivity (Wildman–Crippen MR) is 43.1 cm³/mol. The van der Waals surface area contributed by atoms with Crippen molar-refractivity contribution in [3.05, 3.63) is 0 Å². The molecule has 2 saturated carbocycles. The van der Waals surface area contributed by atoms with Gasteiger partial charge in [0.1, 0.15) is 0 Å². The highest BCUT2D eigenvalue weighted by Crippen LogP contribution is 2.55. The van der Waals surface area contributed by atoms with Gasteiger partial charge in [0, 0.05) is 0 Å². The van der Waals surface area contributed by atoms with Gasteiger partial charge in [0.25, 0.3) is 0 Å². The Kier molecular flexibility index (Phi) is 1.78. The molecule has 4 nitrogen and oxygen atoms in total. The molecule has 0 aromatic heterocycles. The van der Waals surface area contributed by atoms with Crippen LogP contribution in [0.1, 0.15) is 19.3 Å². The van der Waals surface area contributed by atoms with E-state index in [1.807, 2.05) is 0 Å². The highest BCUT2D eigenvalue weighted by atomic mass is 16.4. The first-order valence-corrected chi connectivity index (χ1v) is 4.58. The van der Waals surface area contributed by atoms with Crippen LogP contribution in [0.25, 0.3) is 0 Å². The maximum atomic E-state index is 10.8. The van der Waals surface area contributed by atoms with Crippen molar-refractivity contribution in [1.82, 2.24) is 0 Å². The Hall–Kier alpha value is -1.06. The monoisotopic (exact) mass is 184 g/mol. The van der Waals surface area contributed by atoms with Gasteiger partial charge in [0.2, 0.25) is 0 Å². The first-order chi connectivity index (χ1) is 6.13. The van der Waals surface area contributed by atoms with Crippen LogP contribution in [0.2, 0.25) is 0 Å². The van der Waals surface area contributed by atoms with E-state index in [1.165, 1.54) is 0 Å². The fourth-order valence-corrected chi connectivity index (χ4v) is 2.97. The van der Waals surface area contributed by atoms with Gasteiger partial charge in [-0.15, -0.1) is 0 Å². The quantitative estimate of drug-likeness (QED) is 0.666. The second-order valence-electron chi connectivity index (χ2n) is 3.99. The smallest absolute Gasteiger partial charge is 0.307 e. The molecule has 2 N–H and O–H groups in total. The van der Waals surface area contributed by atoms with E-state index in [4.69, 9.17) is 10.2 Å². The third-order valence-electron chi connectivity index (χ3n) is 3.50. The topological polar surface area (TPSA) is 74.6 Å². The fourth-order valence-electron chi connectivity index (χ4n) is 2.97. The van der Waals surface area contributed by atoms with E-state index < -0.39 is 23.8 Å². The summed E-state index contributed by atoms with van der Waals surface area (Å²) in [5.41, 5.74) is 0. The van der Waals surface area contributed by atoms with Crippen molar-refractivity contribution in [1.29, 1.82) is 0 Å². The molecule has 4 heteroatoms. The molecule has 0 radical (unpaired) electrons. The largest absolute Gasteiger partial charge is 0.481 e. The zero-order valence-electron chi connectivity index (χ0n) is 7.14. The Morgan fingerprint density at radius 1 is 0.923 bits per heavy atom. The molecular weight excluding hydrogens is 172 g/mol. The molecule has 2 aliphatic carbocycles. The number of carbonyl (C=O) groups is 2. The first-order valence-electron chi connectivity index (χ1n) is 4.58. The summed E-state index contributed by atoms with van der Waals surface area (Å²) in [6.45, 7) is 0. The van der Waals surface area contributed by atoms with Gasteiger partial charge in [-0.3, -0.25) is 9.59 Å². The van der Waals surface area contributed by atoms with Crippen molar-refractivity contribution in [3.63, 3.8) is 0 Å². The number of hydrogen-bond donors (Lipinski definition) is 2. The van der Waals surface area contributed by atoms with Crippen LogP contribution >= 0.6 is 0 Å². The number of hydrogen-bond acceptors (Lipinski definition) is 2. The van der Waals surface area contributed by atoms with Gasteiger partial charge in [-0.1, -0.05) is 6.42 Å². The SMILES string of the molecule is O=C(O)C1C2CCCC2C1C(=O)O. The van der Waals surface area contributed by atoms with Crippen molar-refractivity contribution in [2.24, 2.45) is 23.7 Å². The van der Waals surface area contributed by atoms with Gasteiger partial charge in [0.15, 0.2) is 0 Å². The van der Waals surface area contributed by atoms with E-state index in [2.05, 4.69) is 0 Å². The molecule has 0 spiro atoms. The Labute approximate surface area is 75.6 Å². The minimum Gasteiger partial charge on any atom is -0.481 e. The number of rotatable bonds is 2. The average molecular weight is 184 g/mol. The Morgan fingerprint density at radius 3 is 1.62 bits per heavy atom. The molecule has 2 rings (SSSR count). The van der Waals surface area contributed by atoms with Crippen LogP contribution in [0.4, 0.5) is 0 Å². The summed E-state index contributed by atoms with van der Waals surface area (Å²) in [5.74, 6) is -2.83. The Morgan fingerprint density at radius 2 is 1.31 bits per heavy atom. The molecule has 4 unspecified atom stereocenters. The first kappa shape index (κ1) is 8.53. The maximum Gasteiger partial charge on any atom is 0.307 e. The molecule has 72 valence electrons. The molecule has 0 aliphatic heterocycles. The van der Waals surface area contributed by atoms with Crippen molar-refractivity contribution in [2.75, 3.05) is 0 Å². The maximum absolute atomic E-state index is 10.8. The zero-order chi connectivity index (χ0) is 9.59. The third-order valence-corrected chi connectivity index (χ3v) is 3.50. The van der Waals surface area contributed by atoms with Crippen LogP contribution in [-0.2, 0) is 9.59 Å². The van der Waals surface area contributed by atoms with Crippen LogP contribution in [0.15, 0.2) is 0 Å². The number of aliphatic carboxylic acids is 2. The van der Waals surface area contributed by atoms with Gasteiger partial charge >= 0.3 is 11.9 Å². The van der Waals surface area contributed by atoms with Crippen molar-refractivity contribution in [3.8, 4) is 0 Å². The summed E-state index contributed by atoms with van der Waals surface area (Å²) in [5, 5.41) is 17.7. The minimum absolute atomic E-state index is 0.138. The van der Waals surface area contributed by atoms with Crippen molar-refractivity contribution >= 4 is 11.9 Å². The molecule has 2 aliphatic rings. The summed E-state index contributed by atoms with van der Waals surface area (Å²) in [4.78, 5) is 21.6. The van der Waals surface area contributed by atoms with Crippen molar-refractivity contribution in [2.45, 2.75) is 19.3 Å². The van der Waals surface area contributed by atoms with E-state index in [9.17, 15) is 9.59 Å². The highest BCUT2D eigenvalue weighted by molar-refractivity contribution is 5.83. The Balaban J connectivity index is 2.17. The molecule has 0 saturated heterocycles. The minimum atomic E-state index is -0.935. The Bertz CT molecular complexity index is 234. The van der Waals surface area contributed by atoms with Gasteiger partial charge < -0.3 is 10.2 Å². The second-order valence-corrected chi connectivity index (χ2v) is 3.99. The summed E-state index contributed by atoms with van der Waals surface area (Å²) in [6, 6.07) is 0. The van der Waals surface area contributed by atoms with E-state index >= 15 is 0 Å². The summed E-state index contributed by atoms with van der Waals surface area (Å²) >= 11 is 0. The molecule has 0 bridgehead atoms. The van der Waals surface area contributed by atoms with Crippen molar-refractivity contribution < 1.29 is 19.8 Å². The molecule has 0 aromatic rings. The normalized spacial score (nSPS) is 42.2. The van der Waals surface area contributed by atoms with Crippen LogP contribution in [0.5, 0.6) is 0 Å². The predicted octanol–water partition coefficient (Wildman–Crippen LogP) is 0.818. The zero-order valence-corrected chi connectivity index (χ0v) is 7.14. The van der Waals surface area contributed by atoms with Crippen LogP contribution in [0, 0.1) is 23.7 Å². The van der Waals surface area contributed by atoms with Gasteiger partial charge in [-0.25, -0.2) is 0 Å². The third kappa shape index (κ3) is 1.04. The molecule has 0 aromatic carbocycles. The lowest BCUT2D eigenvalue weighted by Crippen LogP contribution is -2.51. The summed E-state index contributed by atoms with van der Waals surface area (Å²) in [6.07, 6.45) is 2.78. The van der Waals surface area contributed by atoms with E-state index in [0.717, 1.165) is 19.3 Å². The van der Waals surface area contributed by atoms with E-state index in [-0.39, 0.29) is 11.8 Å². The fraction of sp³-hybridized carbons (Fsp3) is 0.778. The lowest BCUT2D eigenvalue weighted by Gasteiger charge is -2.43. The highest BCUT2D eigenvalue weighted by Gasteiger charge is 2.58. The summed E-state index contributed by atoms with van der Waals surface area (Å²) < 4.78 is 0. The van der Waals surface area contributed by atoms with Crippen LogP contribution in [-0.4, -0.2) is 22.2 Å². The number of carboxylic acids is 2. The molecule has 2 fully saturated rings. The standard InChI is InChI=1S/C9H12O4/c10-8(11)6-4-2-1-3-5(4)7(6)9(12)13/h4-7H,1-3H2,(H,10,11)(H,12,13). The van der Waals surface area contributed by atoms with Gasteiger partial charge in [-0.2, -0.15) is 0 Å². The molecule has 4 atom stereocenters. The average Bonchev–Trinajstić information content (AvgIpc) is 2.31. The summed E-state index contributed by atoms with van der Waals surface area (Å²) in [7, 11) is 0. The lowest BCUT2D eigenvalue weighted by atomic mass is 9.58. The lowest BCUT2D eigenvalue weighted by molar-refractivity contribution is -0.172. The van der Waals surface area contributed by atoms with E-state index in [1.54, 1.807) is 0 Å². The molecule has 0 heterocycles. The van der Waals surface area contributed by atoms with Crippen LogP contribution in [0.3, 0.4) is 0 Å². The number of carboxylic acid groups (broad SMARTS) is 2. The van der Waals surface area contributed by atoms with Crippen LogP contribution < -0.4 is 0 Å². The van der Waals surface area contributed by atoms with Gasteiger partial charge in [-0.05, 0) is 24.7 Å². The van der Waals surface area contributed by atoms with Gasteiger partial charge in [0.05, 0.1) is 11.8 Å². The number of fused-ring (bicyclic) bond motifs is 1. The molecule has 0 amide bonds. The second kappa shape index (κ2) is 2.72. The molecular formula is C9H12O4. The van der Waals surface area contributed by atoms with E-state index in [0.29, 0.717) is 0 Å². The molecule has 13 heavy (non-hydrogen) atoms.